The maximum absolute atomic E-state index is 14.8. The SMILES string of the molecule is CN(C)Nc1c(F)cc(Sc2cccc(N)c2)n(CC(=O)NCc2ccc(C(=N)N)cc2)c1=O. The molecule has 0 aliphatic heterocycles. The number of hydrogen-bond donors (Lipinski definition) is 5. The van der Waals surface area contributed by atoms with E-state index in [4.69, 9.17) is 16.9 Å². The fraction of sp³-hybridized carbons (Fsp3) is 0.174. The van der Waals surface area contributed by atoms with Gasteiger partial charge in [0.1, 0.15) is 12.4 Å². The maximum atomic E-state index is 14.8. The summed E-state index contributed by atoms with van der Waals surface area (Å²) in [6.45, 7) is -0.0924. The average Bonchev–Trinajstić information content (AvgIpc) is 2.78. The molecule has 0 atom stereocenters. The second-order valence-electron chi connectivity index (χ2n) is 7.66. The van der Waals surface area contributed by atoms with E-state index in [0.717, 1.165) is 17.3 Å². The van der Waals surface area contributed by atoms with Gasteiger partial charge in [-0.1, -0.05) is 42.1 Å². The van der Waals surface area contributed by atoms with Crippen LogP contribution in [0.25, 0.3) is 0 Å². The van der Waals surface area contributed by atoms with Crippen LogP contribution in [0.4, 0.5) is 15.8 Å². The Morgan fingerprint density at radius 2 is 1.88 bits per heavy atom. The lowest BCUT2D eigenvalue weighted by atomic mass is 10.1. The van der Waals surface area contributed by atoms with Crippen LogP contribution in [-0.2, 0) is 17.9 Å². The van der Waals surface area contributed by atoms with Crippen molar-refractivity contribution in [2.45, 2.75) is 23.0 Å². The van der Waals surface area contributed by atoms with Gasteiger partial charge in [0.2, 0.25) is 5.91 Å². The molecule has 0 saturated heterocycles. The quantitative estimate of drug-likeness (QED) is 0.136. The molecule has 0 saturated carbocycles. The molecule has 11 heteroatoms. The average molecular weight is 484 g/mol. The molecular formula is C23H26FN7O2S. The number of aromatic nitrogens is 1. The molecule has 0 radical (unpaired) electrons. The molecule has 3 rings (SSSR count). The lowest BCUT2D eigenvalue weighted by Crippen LogP contribution is -2.36. The first-order valence-corrected chi connectivity index (χ1v) is 11.1. The number of anilines is 2. The van der Waals surface area contributed by atoms with Crippen LogP contribution < -0.4 is 27.8 Å². The van der Waals surface area contributed by atoms with Gasteiger partial charge >= 0.3 is 0 Å². The van der Waals surface area contributed by atoms with Crippen molar-refractivity contribution in [3.05, 3.63) is 81.9 Å². The number of nitrogen functional groups attached to an aromatic ring is 2. The lowest BCUT2D eigenvalue weighted by Gasteiger charge is -2.18. The predicted octanol–water partition coefficient (Wildman–Crippen LogP) is 2.21. The molecule has 7 N–H and O–H groups in total. The van der Waals surface area contributed by atoms with Crippen molar-refractivity contribution >= 4 is 34.9 Å². The van der Waals surface area contributed by atoms with Gasteiger partial charge in [-0.2, -0.15) is 0 Å². The number of carbonyl (C=O) groups excluding carboxylic acids is 1. The third-order valence-corrected chi connectivity index (χ3v) is 5.72. The number of nitrogens with one attached hydrogen (secondary N) is 3. The maximum Gasteiger partial charge on any atom is 0.279 e. The van der Waals surface area contributed by atoms with Gasteiger partial charge in [0, 0.05) is 42.9 Å². The van der Waals surface area contributed by atoms with Crippen LogP contribution in [0, 0.1) is 11.2 Å². The molecule has 9 nitrogen and oxygen atoms in total. The van der Waals surface area contributed by atoms with Gasteiger partial charge in [-0.15, -0.1) is 0 Å². The summed E-state index contributed by atoms with van der Waals surface area (Å²) in [5.74, 6) is -1.19. The number of nitrogens with two attached hydrogens (primary N) is 2. The Morgan fingerprint density at radius 3 is 2.50 bits per heavy atom. The third kappa shape index (κ3) is 6.36. The standard InChI is InChI=1S/C23H26FN7O2S/c1-30(2)29-21-18(24)11-20(34-17-5-3-4-16(25)10-17)31(23(21)33)13-19(32)28-12-14-6-8-15(9-7-14)22(26)27/h3-11,29H,12-13,25H2,1-2H3,(H3,26,27)(H,28,32). The Bertz CT molecular complexity index is 1260. The molecule has 34 heavy (non-hydrogen) atoms. The minimum Gasteiger partial charge on any atom is -0.399 e. The highest BCUT2D eigenvalue weighted by Crippen LogP contribution is 2.29. The number of amidine groups is 1. The van der Waals surface area contributed by atoms with Crippen LogP contribution in [-0.4, -0.2) is 35.4 Å². The Labute approximate surface area is 200 Å². The molecule has 0 spiro atoms. The fourth-order valence-corrected chi connectivity index (χ4v) is 4.06. The summed E-state index contributed by atoms with van der Waals surface area (Å²) >= 11 is 1.13. The Balaban J connectivity index is 1.85. The molecule has 0 aliphatic rings. The predicted molar refractivity (Wildman–Crippen MR) is 132 cm³/mol. The van der Waals surface area contributed by atoms with Crippen molar-refractivity contribution < 1.29 is 9.18 Å². The van der Waals surface area contributed by atoms with Crippen LogP contribution in [0.2, 0.25) is 0 Å². The highest BCUT2D eigenvalue weighted by molar-refractivity contribution is 7.99. The van der Waals surface area contributed by atoms with Crippen LogP contribution in [0.1, 0.15) is 11.1 Å². The smallest absolute Gasteiger partial charge is 0.279 e. The number of nitrogens with zero attached hydrogens (tertiary/aromatic N) is 2. The van der Waals surface area contributed by atoms with E-state index in [0.29, 0.717) is 16.1 Å². The molecule has 178 valence electrons. The normalized spacial score (nSPS) is 10.8. The molecule has 0 aliphatic carbocycles. The van der Waals surface area contributed by atoms with Crippen molar-refractivity contribution in [1.82, 2.24) is 14.9 Å². The molecule has 0 fully saturated rings. The zero-order valence-corrected chi connectivity index (χ0v) is 19.6. The van der Waals surface area contributed by atoms with E-state index in [1.54, 1.807) is 62.6 Å². The van der Waals surface area contributed by atoms with Crippen molar-refractivity contribution in [1.29, 1.82) is 5.41 Å². The highest BCUT2D eigenvalue weighted by Gasteiger charge is 2.18. The fourth-order valence-electron chi connectivity index (χ4n) is 3.06. The Kier molecular flexibility index (Phi) is 7.92. The van der Waals surface area contributed by atoms with Gasteiger partial charge in [-0.05, 0) is 23.8 Å². The summed E-state index contributed by atoms with van der Waals surface area (Å²) in [5, 5.41) is 11.9. The van der Waals surface area contributed by atoms with Gasteiger partial charge < -0.3 is 22.2 Å². The van der Waals surface area contributed by atoms with Gasteiger partial charge in [-0.3, -0.25) is 19.6 Å². The minimum absolute atomic E-state index is 0.0430. The van der Waals surface area contributed by atoms with E-state index in [2.05, 4.69) is 10.7 Å². The first-order chi connectivity index (χ1) is 16.1. The van der Waals surface area contributed by atoms with E-state index in [1.807, 2.05) is 0 Å². The number of rotatable bonds is 9. The summed E-state index contributed by atoms with van der Waals surface area (Å²) in [7, 11) is 3.26. The van der Waals surface area contributed by atoms with Crippen molar-refractivity contribution in [2.75, 3.05) is 25.3 Å². The number of benzene rings is 2. The molecule has 0 unspecified atom stereocenters. The second kappa shape index (κ2) is 10.9. The summed E-state index contributed by atoms with van der Waals surface area (Å²) in [6.07, 6.45) is 0. The number of pyridine rings is 1. The van der Waals surface area contributed by atoms with Crippen LogP contribution >= 0.6 is 11.8 Å². The largest absolute Gasteiger partial charge is 0.399 e. The third-order valence-electron chi connectivity index (χ3n) is 4.69. The Morgan fingerprint density at radius 1 is 1.18 bits per heavy atom. The topological polar surface area (TPSA) is 142 Å². The summed E-state index contributed by atoms with van der Waals surface area (Å²) in [4.78, 5) is 26.5. The zero-order valence-electron chi connectivity index (χ0n) is 18.8. The molecule has 1 amide bonds. The van der Waals surface area contributed by atoms with E-state index in [9.17, 15) is 14.0 Å². The molecule has 1 aromatic heterocycles. The molecule has 1 heterocycles. The van der Waals surface area contributed by atoms with Gasteiger partial charge in [0.05, 0.1) is 5.03 Å². The summed E-state index contributed by atoms with van der Waals surface area (Å²) in [6, 6.07) is 15.1. The van der Waals surface area contributed by atoms with Gasteiger partial charge in [0.25, 0.3) is 5.56 Å². The van der Waals surface area contributed by atoms with Crippen molar-refractivity contribution in [2.24, 2.45) is 5.73 Å². The number of amides is 1. The summed E-state index contributed by atoms with van der Waals surface area (Å²) < 4.78 is 16.0. The van der Waals surface area contributed by atoms with Crippen LogP contribution in [0.3, 0.4) is 0 Å². The van der Waals surface area contributed by atoms with Gasteiger partial charge in [0.15, 0.2) is 11.5 Å². The van der Waals surface area contributed by atoms with E-state index in [1.165, 1.54) is 15.6 Å². The number of carbonyl (C=O) groups is 1. The van der Waals surface area contributed by atoms with Crippen LogP contribution in [0.15, 0.2) is 69.3 Å². The van der Waals surface area contributed by atoms with Crippen LogP contribution in [0.5, 0.6) is 0 Å². The van der Waals surface area contributed by atoms with E-state index >= 15 is 0 Å². The molecule has 2 aromatic carbocycles. The second-order valence-corrected chi connectivity index (χ2v) is 8.76. The number of halogens is 1. The first-order valence-electron chi connectivity index (χ1n) is 10.2. The minimum atomic E-state index is -0.729. The lowest BCUT2D eigenvalue weighted by molar-refractivity contribution is -0.122. The monoisotopic (exact) mass is 483 g/mol. The first kappa shape index (κ1) is 24.8. The molecular weight excluding hydrogens is 457 g/mol. The van der Waals surface area contributed by atoms with E-state index in [-0.39, 0.29) is 29.6 Å². The molecule has 0 bridgehead atoms. The number of hydrogen-bond acceptors (Lipinski definition) is 7. The Hall–Kier alpha value is -3.83. The van der Waals surface area contributed by atoms with Crippen molar-refractivity contribution in [3.8, 4) is 0 Å². The number of hydrazine groups is 1. The molecule has 3 aromatic rings. The summed E-state index contributed by atoms with van der Waals surface area (Å²) in [5.41, 5.74) is 14.9. The zero-order chi connectivity index (χ0) is 24.8. The van der Waals surface area contributed by atoms with Gasteiger partial charge in [-0.25, -0.2) is 9.40 Å². The highest BCUT2D eigenvalue weighted by atomic mass is 32.2. The van der Waals surface area contributed by atoms with E-state index < -0.39 is 17.3 Å². The van der Waals surface area contributed by atoms with Crippen molar-refractivity contribution in [3.63, 3.8) is 0 Å².